The molecule has 0 spiro atoms. The highest BCUT2D eigenvalue weighted by molar-refractivity contribution is 5.79. The first-order chi connectivity index (χ1) is 12.0. The molecule has 1 fully saturated rings. The molecular formula is C19H25N3O3. The largest absolute Gasteiger partial charge is 0.493 e. The van der Waals surface area contributed by atoms with Gasteiger partial charge in [0.15, 0.2) is 0 Å². The van der Waals surface area contributed by atoms with Crippen molar-refractivity contribution in [2.24, 2.45) is 0 Å². The van der Waals surface area contributed by atoms with Gasteiger partial charge < -0.3 is 14.5 Å². The predicted molar refractivity (Wildman–Crippen MR) is 94.0 cm³/mol. The molecule has 1 heterocycles. The van der Waals surface area contributed by atoms with Crippen LogP contribution in [0.15, 0.2) is 18.2 Å². The van der Waals surface area contributed by atoms with E-state index in [0.717, 1.165) is 16.9 Å². The number of nitrogens with zero attached hydrogens (tertiary/aromatic N) is 3. The van der Waals surface area contributed by atoms with Crippen molar-refractivity contribution in [3.8, 4) is 11.8 Å². The molecule has 1 aromatic rings. The first kappa shape index (κ1) is 18.8. The van der Waals surface area contributed by atoms with E-state index in [9.17, 15) is 9.59 Å². The summed E-state index contributed by atoms with van der Waals surface area (Å²) in [7, 11) is 0. The van der Waals surface area contributed by atoms with Crippen LogP contribution in [0.25, 0.3) is 0 Å². The van der Waals surface area contributed by atoms with Gasteiger partial charge in [0.1, 0.15) is 12.2 Å². The maximum Gasteiger partial charge on any atom is 0.236 e. The van der Waals surface area contributed by atoms with Crippen molar-refractivity contribution < 1.29 is 14.3 Å². The highest BCUT2D eigenvalue weighted by Gasteiger charge is 2.23. The summed E-state index contributed by atoms with van der Waals surface area (Å²) < 4.78 is 5.83. The molecule has 2 amide bonds. The Morgan fingerprint density at radius 3 is 2.20 bits per heavy atom. The van der Waals surface area contributed by atoms with Crippen molar-refractivity contribution in [1.82, 2.24) is 9.80 Å². The summed E-state index contributed by atoms with van der Waals surface area (Å²) >= 11 is 0. The Kier molecular flexibility index (Phi) is 6.81. The molecule has 0 N–H and O–H groups in total. The molecule has 0 aromatic heterocycles. The first-order valence-electron chi connectivity index (χ1n) is 8.64. The third-order valence-corrected chi connectivity index (χ3v) is 4.41. The lowest BCUT2D eigenvalue weighted by atomic mass is 10.1. The molecule has 0 saturated carbocycles. The van der Waals surface area contributed by atoms with Crippen molar-refractivity contribution in [3.05, 3.63) is 29.3 Å². The maximum atomic E-state index is 12.3. The standard InChI is InChI=1S/C19H25N3O3/c1-15-5-3-6-16(2)19(15)25-14-4-7-17(23)21-10-12-22(13-11-21)18(24)8-9-20/h3,5-6H,4,7-8,10-14H2,1-2H3. The van der Waals surface area contributed by atoms with Crippen LogP contribution < -0.4 is 4.74 Å². The van der Waals surface area contributed by atoms with Gasteiger partial charge in [0.25, 0.3) is 0 Å². The lowest BCUT2D eigenvalue weighted by molar-refractivity contribution is -0.139. The minimum atomic E-state index is -0.156. The summed E-state index contributed by atoms with van der Waals surface area (Å²) in [5.74, 6) is 0.841. The Labute approximate surface area is 149 Å². The third-order valence-electron chi connectivity index (χ3n) is 4.41. The fourth-order valence-corrected chi connectivity index (χ4v) is 2.97. The van der Waals surface area contributed by atoms with Crippen molar-refractivity contribution in [2.75, 3.05) is 32.8 Å². The molecule has 6 heteroatoms. The van der Waals surface area contributed by atoms with E-state index < -0.39 is 0 Å². The summed E-state index contributed by atoms with van der Waals surface area (Å²) in [6.07, 6.45) is 1.01. The molecule has 25 heavy (non-hydrogen) atoms. The molecular weight excluding hydrogens is 318 g/mol. The number of hydrogen-bond acceptors (Lipinski definition) is 4. The molecule has 1 aliphatic heterocycles. The molecule has 1 aliphatic rings. The number of benzene rings is 1. The molecule has 0 bridgehead atoms. The monoisotopic (exact) mass is 343 g/mol. The van der Waals surface area contributed by atoms with Crippen molar-refractivity contribution in [3.63, 3.8) is 0 Å². The van der Waals surface area contributed by atoms with Crippen molar-refractivity contribution >= 4 is 11.8 Å². The summed E-state index contributed by atoms with van der Waals surface area (Å²) in [5, 5.41) is 8.57. The Hall–Kier alpha value is -2.55. The topological polar surface area (TPSA) is 73.6 Å². The van der Waals surface area contributed by atoms with Crippen LogP contribution in [0, 0.1) is 25.2 Å². The zero-order valence-electron chi connectivity index (χ0n) is 15.0. The molecule has 6 nitrogen and oxygen atoms in total. The van der Waals surface area contributed by atoms with Crippen LogP contribution in [0.2, 0.25) is 0 Å². The van der Waals surface area contributed by atoms with Gasteiger partial charge in [-0.15, -0.1) is 0 Å². The molecule has 1 saturated heterocycles. The quantitative estimate of drug-likeness (QED) is 0.741. The average molecular weight is 343 g/mol. The third kappa shape index (κ3) is 5.21. The lowest BCUT2D eigenvalue weighted by Gasteiger charge is -2.34. The first-order valence-corrected chi connectivity index (χ1v) is 8.64. The molecule has 0 radical (unpaired) electrons. The molecule has 0 aliphatic carbocycles. The van der Waals surface area contributed by atoms with Crippen LogP contribution in [0.3, 0.4) is 0 Å². The summed E-state index contributed by atoms with van der Waals surface area (Å²) in [6, 6.07) is 7.90. The molecule has 2 rings (SSSR count). The van der Waals surface area contributed by atoms with Gasteiger partial charge in [0, 0.05) is 32.6 Å². The number of carbonyl (C=O) groups is 2. The van der Waals surface area contributed by atoms with Crippen LogP contribution in [-0.4, -0.2) is 54.4 Å². The second-order valence-corrected chi connectivity index (χ2v) is 6.27. The molecule has 0 unspecified atom stereocenters. The second-order valence-electron chi connectivity index (χ2n) is 6.27. The number of rotatable bonds is 6. The zero-order chi connectivity index (χ0) is 18.2. The number of aryl methyl sites for hydroxylation is 2. The van der Waals surface area contributed by atoms with Gasteiger partial charge in [0.05, 0.1) is 12.7 Å². The van der Waals surface area contributed by atoms with Crippen LogP contribution in [0.4, 0.5) is 0 Å². The number of carbonyl (C=O) groups excluding carboxylic acids is 2. The Balaban J connectivity index is 1.70. The van der Waals surface area contributed by atoms with E-state index in [1.54, 1.807) is 9.80 Å². The minimum Gasteiger partial charge on any atom is -0.493 e. The SMILES string of the molecule is Cc1cccc(C)c1OCCCC(=O)N1CCN(C(=O)CC#N)CC1. The Morgan fingerprint density at radius 2 is 1.64 bits per heavy atom. The normalized spacial score (nSPS) is 14.1. The van der Waals surface area contributed by atoms with E-state index in [4.69, 9.17) is 10.00 Å². The molecule has 134 valence electrons. The molecule has 0 atom stereocenters. The van der Waals surface area contributed by atoms with E-state index in [2.05, 4.69) is 0 Å². The summed E-state index contributed by atoms with van der Waals surface area (Å²) in [4.78, 5) is 27.4. The van der Waals surface area contributed by atoms with Crippen LogP contribution >= 0.6 is 0 Å². The van der Waals surface area contributed by atoms with Gasteiger partial charge in [-0.2, -0.15) is 5.26 Å². The number of ether oxygens (including phenoxy) is 1. The number of para-hydroxylation sites is 1. The van der Waals surface area contributed by atoms with Crippen molar-refractivity contribution in [1.29, 1.82) is 5.26 Å². The van der Waals surface area contributed by atoms with Gasteiger partial charge in [-0.3, -0.25) is 9.59 Å². The van der Waals surface area contributed by atoms with Gasteiger partial charge in [-0.1, -0.05) is 18.2 Å². The average Bonchev–Trinajstić information content (AvgIpc) is 2.61. The predicted octanol–water partition coefficient (Wildman–Crippen LogP) is 2.05. The fraction of sp³-hybridized carbons (Fsp3) is 0.526. The fourth-order valence-electron chi connectivity index (χ4n) is 2.97. The highest BCUT2D eigenvalue weighted by Crippen LogP contribution is 2.22. The van der Waals surface area contributed by atoms with Crippen molar-refractivity contribution in [2.45, 2.75) is 33.1 Å². The summed E-state index contributed by atoms with van der Waals surface area (Å²) in [5.41, 5.74) is 2.20. The number of amides is 2. The number of hydrogen-bond donors (Lipinski definition) is 0. The van der Waals surface area contributed by atoms with Crippen LogP contribution in [0.5, 0.6) is 5.75 Å². The van der Waals surface area contributed by atoms with Gasteiger partial charge >= 0.3 is 0 Å². The zero-order valence-corrected chi connectivity index (χ0v) is 15.0. The van der Waals surface area contributed by atoms with E-state index in [0.29, 0.717) is 45.6 Å². The van der Waals surface area contributed by atoms with Crippen LogP contribution in [-0.2, 0) is 9.59 Å². The summed E-state index contributed by atoms with van der Waals surface area (Å²) in [6.45, 7) is 6.62. The maximum absolute atomic E-state index is 12.3. The Bertz CT molecular complexity index is 638. The van der Waals surface area contributed by atoms with E-state index in [1.165, 1.54) is 0 Å². The number of nitriles is 1. The highest BCUT2D eigenvalue weighted by atomic mass is 16.5. The smallest absolute Gasteiger partial charge is 0.236 e. The molecule has 1 aromatic carbocycles. The van der Waals surface area contributed by atoms with Crippen LogP contribution in [0.1, 0.15) is 30.4 Å². The second kappa shape index (κ2) is 9.07. The lowest BCUT2D eigenvalue weighted by Crippen LogP contribution is -2.50. The minimum absolute atomic E-state index is 0.0936. The van der Waals surface area contributed by atoms with E-state index in [-0.39, 0.29) is 18.2 Å². The van der Waals surface area contributed by atoms with Gasteiger partial charge in [-0.05, 0) is 31.4 Å². The Morgan fingerprint density at radius 1 is 1.08 bits per heavy atom. The van der Waals surface area contributed by atoms with Gasteiger partial charge in [0.2, 0.25) is 11.8 Å². The number of piperazine rings is 1. The van der Waals surface area contributed by atoms with Gasteiger partial charge in [-0.25, -0.2) is 0 Å². The van der Waals surface area contributed by atoms with E-state index in [1.807, 2.05) is 38.1 Å². The van der Waals surface area contributed by atoms with E-state index >= 15 is 0 Å².